The lowest BCUT2D eigenvalue weighted by molar-refractivity contribution is 0.450. The summed E-state index contributed by atoms with van der Waals surface area (Å²) in [6, 6.07) is 11.6. The summed E-state index contributed by atoms with van der Waals surface area (Å²) < 4.78 is 28.4. The zero-order chi connectivity index (χ0) is 25.5. The first-order chi connectivity index (χ1) is 16.2. The Hall–Kier alpha value is -3.08. The highest BCUT2D eigenvalue weighted by molar-refractivity contribution is 6.16. The minimum absolute atomic E-state index is 0.0570. The van der Waals surface area contributed by atoms with Crippen molar-refractivity contribution in [1.82, 2.24) is 0 Å². The molecular weight excluding hydrogens is 428 g/mol. The lowest BCUT2D eigenvalue weighted by Gasteiger charge is -2.26. The minimum Gasteiger partial charge on any atom is -0.383 e. The van der Waals surface area contributed by atoms with Crippen molar-refractivity contribution in [1.29, 1.82) is 5.41 Å². The van der Waals surface area contributed by atoms with Crippen molar-refractivity contribution >= 4 is 22.8 Å². The normalized spacial score (nSPS) is 11.8. The van der Waals surface area contributed by atoms with E-state index in [2.05, 4.69) is 37.9 Å². The smallest absolute Gasteiger partial charge is 0.126 e. The van der Waals surface area contributed by atoms with Crippen LogP contribution in [-0.4, -0.2) is 19.1 Å². The number of hydrogen-bond donors (Lipinski definition) is 2. The van der Waals surface area contributed by atoms with Gasteiger partial charge in [-0.15, -0.1) is 0 Å². The van der Waals surface area contributed by atoms with Crippen LogP contribution in [0.3, 0.4) is 0 Å². The van der Waals surface area contributed by atoms with Gasteiger partial charge < -0.3 is 11.1 Å². The summed E-state index contributed by atoms with van der Waals surface area (Å²) in [6.07, 6.45) is 5.72. The maximum Gasteiger partial charge on any atom is 0.126 e. The quantitative estimate of drug-likeness (QED) is 0.198. The number of nitrogens with two attached hydrogens (primary N) is 1. The second kappa shape index (κ2) is 11.9. The molecule has 0 aliphatic rings. The average molecular weight is 466 g/mol. The minimum atomic E-state index is -0.664. The van der Waals surface area contributed by atoms with Gasteiger partial charge in [0, 0.05) is 36.0 Å². The second-order valence-corrected chi connectivity index (χ2v) is 8.90. The predicted molar refractivity (Wildman–Crippen MR) is 142 cm³/mol. The molecule has 0 bridgehead atoms. The highest BCUT2D eigenvalue weighted by Gasteiger charge is 2.23. The molecule has 0 atom stereocenters. The molecule has 3 N–H and O–H groups in total. The van der Waals surface area contributed by atoms with Gasteiger partial charge in [0.15, 0.2) is 0 Å². The summed E-state index contributed by atoms with van der Waals surface area (Å²) in [4.78, 5) is 4.13. The molecule has 3 nitrogen and oxygen atoms in total. The van der Waals surface area contributed by atoms with Crippen LogP contribution in [0.15, 0.2) is 47.5 Å². The van der Waals surface area contributed by atoms with E-state index < -0.39 is 11.6 Å². The Kier molecular flexibility index (Phi) is 9.48. The Morgan fingerprint density at radius 2 is 1.68 bits per heavy atom. The van der Waals surface area contributed by atoms with Crippen molar-refractivity contribution in [3.05, 3.63) is 70.8 Å². The van der Waals surface area contributed by atoms with Gasteiger partial charge in [0.25, 0.3) is 0 Å². The number of aliphatic imine (C=N–C) groups is 1. The molecule has 0 spiro atoms. The van der Waals surface area contributed by atoms with Gasteiger partial charge >= 0.3 is 0 Å². The van der Waals surface area contributed by atoms with Crippen molar-refractivity contribution in [2.75, 3.05) is 7.05 Å². The Morgan fingerprint density at radius 3 is 2.24 bits per heavy atom. The number of nitrogens with one attached hydrogen (secondary N) is 1. The third-order valence-corrected chi connectivity index (χ3v) is 6.16. The molecule has 0 aromatic heterocycles. The molecule has 0 amide bonds. The van der Waals surface area contributed by atoms with Crippen molar-refractivity contribution in [2.24, 2.45) is 10.7 Å². The standard InChI is InChI=1S/C27H31F2N3.C2H6/c1-5-6-7-10-27(2,3)20-9-8-17-11-19(16-30)25(26(31)32-4)24(23(17)14-20)18-12-21(28)15-22(29)13-18;1-2/h8-9,11-16,30H,5-7,10H2,1-4H3,(H2,31,32);1-2H3. The summed E-state index contributed by atoms with van der Waals surface area (Å²) in [5, 5.41) is 9.64. The Bertz CT molecular complexity index is 1160. The van der Waals surface area contributed by atoms with Crippen LogP contribution in [0.1, 0.15) is 77.0 Å². The second-order valence-electron chi connectivity index (χ2n) is 8.90. The molecule has 5 heteroatoms. The predicted octanol–water partition coefficient (Wildman–Crippen LogP) is 8.00. The highest BCUT2D eigenvalue weighted by Crippen LogP contribution is 2.38. The van der Waals surface area contributed by atoms with Gasteiger partial charge in [-0.1, -0.05) is 66.0 Å². The summed E-state index contributed by atoms with van der Waals surface area (Å²) in [6.45, 7) is 10.6. The third kappa shape index (κ3) is 5.88. The van der Waals surface area contributed by atoms with E-state index in [9.17, 15) is 8.78 Å². The summed E-state index contributed by atoms with van der Waals surface area (Å²) in [5.41, 5.74) is 9.37. The molecule has 0 aliphatic heterocycles. The number of hydrogen-bond acceptors (Lipinski definition) is 2. The fraction of sp³-hybridized carbons (Fsp3) is 0.379. The first kappa shape index (κ1) is 27.2. The van der Waals surface area contributed by atoms with Crippen LogP contribution in [0.5, 0.6) is 0 Å². The zero-order valence-corrected chi connectivity index (χ0v) is 21.2. The van der Waals surface area contributed by atoms with E-state index in [0.717, 1.165) is 41.7 Å². The van der Waals surface area contributed by atoms with Crippen molar-refractivity contribution in [2.45, 2.75) is 65.7 Å². The molecule has 3 aromatic rings. The van der Waals surface area contributed by atoms with E-state index in [0.29, 0.717) is 22.3 Å². The molecule has 0 aliphatic carbocycles. The maximum absolute atomic E-state index is 14.2. The lowest BCUT2D eigenvalue weighted by atomic mass is 9.78. The van der Waals surface area contributed by atoms with Crippen LogP contribution in [0, 0.1) is 17.0 Å². The van der Waals surface area contributed by atoms with Crippen LogP contribution < -0.4 is 5.73 Å². The van der Waals surface area contributed by atoms with Gasteiger partial charge in [-0.2, -0.15) is 0 Å². The zero-order valence-electron chi connectivity index (χ0n) is 21.2. The van der Waals surface area contributed by atoms with Gasteiger partial charge in [0.2, 0.25) is 0 Å². The molecule has 3 rings (SSSR count). The molecule has 3 aromatic carbocycles. The van der Waals surface area contributed by atoms with Gasteiger partial charge in [-0.3, -0.25) is 4.99 Å². The van der Waals surface area contributed by atoms with Gasteiger partial charge in [0.1, 0.15) is 17.5 Å². The monoisotopic (exact) mass is 465 g/mol. The fourth-order valence-electron chi connectivity index (χ4n) is 4.30. The topological polar surface area (TPSA) is 62.2 Å². The third-order valence-electron chi connectivity index (χ3n) is 6.16. The fourth-order valence-corrected chi connectivity index (χ4v) is 4.30. The first-order valence-corrected chi connectivity index (χ1v) is 12.0. The molecule has 0 fully saturated rings. The lowest BCUT2D eigenvalue weighted by Crippen LogP contribution is -2.18. The number of benzene rings is 3. The average Bonchev–Trinajstić information content (AvgIpc) is 2.82. The SMILES string of the molecule is CC.CCCCCC(C)(C)c1ccc2cc(C=N)c(C(N)=NC)c(-c3cc(F)cc(F)c3)c2c1. The van der Waals surface area contributed by atoms with E-state index >= 15 is 0 Å². The molecular formula is C29H37F2N3. The Labute approximate surface area is 202 Å². The first-order valence-electron chi connectivity index (χ1n) is 12.0. The number of unbranched alkanes of at least 4 members (excludes halogenated alkanes) is 2. The molecule has 182 valence electrons. The van der Waals surface area contributed by atoms with E-state index in [1.807, 2.05) is 26.0 Å². The number of fused-ring (bicyclic) bond motifs is 1. The van der Waals surface area contributed by atoms with E-state index in [4.69, 9.17) is 11.1 Å². The van der Waals surface area contributed by atoms with Gasteiger partial charge in [-0.25, -0.2) is 8.78 Å². The van der Waals surface area contributed by atoms with Gasteiger partial charge in [0.05, 0.1) is 0 Å². The summed E-state index contributed by atoms with van der Waals surface area (Å²) in [5.74, 6) is -1.11. The molecule has 0 saturated heterocycles. The number of halogens is 2. The number of amidine groups is 1. The highest BCUT2D eigenvalue weighted by atomic mass is 19.1. The van der Waals surface area contributed by atoms with Crippen LogP contribution >= 0.6 is 0 Å². The van der Waals surface area contributed by atoms with Crippen molar-refractivity contribution in [3.63, 3.8) is 0 Å². The van der Waals surface area contributed by atoms with Crippen LogP contribution in [0.2, 0.25) is 0 Å². The molecule has 0 heterocycles. The number of nitrogens with zero attached hydrogens (tertiary/aromatic N) is 1. The van der Waals surface area contributed by atoms with E-state index in [-0.39, 0.29) is 11.3 Å². The van der Waals surface area contributed by atoms with Crippen molar-refractivity contribution < 1.29 is 8.78 Å². The molecule has 0 unspecified atom stereocenters. The molecule has 34 heavy (non-hydrogen) atoms. The van der Waals surface area contributed by atoms with Crippen LogP contribution in [-0.2, 0) is 5.41 Å². The van der Waals surface area contributed by atoms with Crippen molar-refractivity contribution in [3.8, 4) is 11.1 Å². The summed E-state index contributed by atoms with van der Waals surface area (Å²) in [7, 11) is 1.57. The largest absolute Gasteiger partial charge is 0.383 e. The Morgan fingerprint density at radius 1 is 1.03 bits per heavy atom. The van der Waals surface area contributed by atoms with Crippen LogP contribution in [0.25, 0.3) is 21.9 Å². The molecule has 0 radical (unpaired) electrons. The van der Waals surface area contributed by atoms with Crippen LogP contribution in [0.4, 0.5) is 8.78 Å². The molecule has 0 saturated carbocycles. The van der Waals surface area contributed by atoms with E-state index in [1.54, 1.807) is 7.05 Å². The maximum atomic E-state index is 14.2. The van der Waals surface area contributed by atoms with Gasteiger partial charge in [-0.05, 0) is 58.0 Å². The Balaban J connectivity index is 0.00000199. The summed E-state index contributed by atoms with van der Waals surface area (Å²) >= 11 is 0. The number of rotatable bonds is 8. The van der Waals surface area contributed by atoms with E-state index in [1.165, 1.54) is 24.8 Å².